The number of rotatable bonds is 6. The summed E-state index contributed by atoms with van der Waals surface area (Å²) in [6.07, 6.45) is -4.15. The molecule has 156 valence electrons. The summed E-state index contributed by atoms with van der Waals surface area (Å²) in [5.41, 5.74) is 0.0767. The Bertz CT molecular complexity index is 1050. The molecule has 1 fully saturated rings. The van der Waals surface area contributed by atoms with E-state index >= 15 is 0 Å². The van der Waals surface area contributed by atoms with E-state index < -0.39 is 29.5 Å². The molecule has 2 atom stereocenters. The highest BCUT2D eigenvalue weighted by Crippen LogP contribution is 2.51. The van der Waals surface area contributed by atoms with Gasteiger partial charge in [0.15, 0.2) is 6.61 Å². The van der Waals surface area contributed by atoms with E-state index in [1.165, 1.54) is 18.2 Å². The van der Waals surface area contributed by atoms with E-state index in [0.29, 0.717) is 17.7 Å². The molecule has 9 heteroatoms. The first kappa shape index (κ1) is 19.9. The van der Waals surface area contributed by atoms with Crippen molar-refractivity contribution < 1.29 is 32.0 Å². The second-order valence-corrected chi connectivity index (χ2v) is 6.89. The molecule has 1 saturated carbocycles. The summed E-state index contributed by atoms with van der Waals surface area (Å²) in [4.78, 5) is 16.4. The zero-order valence-electron chi connectivity index (χ0n) is 15.8. The van der Waals surface area contributed by atoms with Gasteiger partial charge >= 0.3 is 12.1 Å². The number of benzene rings is 2. The third-order valence-corrected chi connectivity index (χ3v) is 4.91. The molecule has 3 aromatic rings. The van der Waals surface area contributed by atoms with Crippen molar-refractivity contribution in [3.8, 4) is 17.2 Å². The number of nitrogens with zero attached hydrogens (tertiary/aromatic N) is 2. The quantitative estimate of drug-likeness (QED) is 0.544. The highest BCUT2D eigenvalue weighted by Gasteiger charge is 2.48. The van der Waals surface area contributed by atoms with Crippen LogP contribution < -0.4 is 4.74 Å². The lowest BCUT2D eigenvalue weighted by molar-refractivity contribution is -0.147. The van der Waals surface area contributed by atoms with E-state index in [1.54, 1.807) is 31.4 Å². The summed E-state index contributed by atoms with van der Waals surface area (Å²) in [6.45, 7) is -0.220. The summed E-state index contributed by atoms with van der Waals surface area (Å²) in [5.74, 6) is -0.586. The van der Waals surface area contributed by atoms with Crippen molar-refractivity contribution >= 4 is 5.97 Å². The maximum atomic E-state index is 13.2. The predicted molar refractivity (Wildman–Crippen MR) is 98.4 cm³/mol. The fourth-order valence-corrected chi connectivity index (χ4v) is 3.28. The molecule has 30 heavy (non-hydrogen) atoms. The predicted octanol–water partition coefficient (Wildman–Crippen LogP) is 4.61. The van der Waals surface area contributed by atoms with Crippen molar-refractivity contribution in [2.45, 2.75) is 25.1 Å². The third-order valence-electron chi connectivity index (χ3n) is 4.91. The van der Waals surface area contributed by atoms with Gasteiger partial charge in [-0.15, -0.1) is 0 Å². The summed E-state index contributed by atoms with van der Waals surface area (Å²) in [7, 11) is 1.56. The molecule has 0 aliphatic heterocycles. The molecule has 2 aromatic carbocycles. The molecule has 1 aliphatic rings. The van der Waals surface area contributed by atoms with Crippen LogP contribution in [0.5, 0.6) is 5.75 Å². The summed E-state index contributed by atoms with van der Waals surface area (Å²) >= 11 is 0. The minimum Gasteiger partial charge on any atom is -0.497 e. The zero-order chi connectivity index (χ0) is 21.3. The normalized spacial score (nSPS) is 18.1. The van der Waals surface area contributed by atoms with Crippen molar-refractivity contribution in [3.63, 3.8) is 0 Å². The van der Waals surface area contributed by atoms with Crippen LogP contribution in [0.15, 0.2) is 53.1 Å². The van der Waals surface area contributed by atoms with Crippen molar-refractivity contribution in [1.82, 2.24) is 10.1 Å². The van der Waals surface area contributed by atoms with Gasteiger partial charge in [0.25, 0.3) is 5.89 Å². The van der Waals surface area contributed by atoms with Crippen LogP contribution in [0.25, 0.3) is 11.5 Å². The summed E-state index contributed by atoms with van der Waals surface area (Å²) in [6, 6.07) is 12.3. The van der Waals surface area contributed by atoms with E-state index in [4.69, 9.17) is 14.0 Å². The summed E-state index contributed by atoms with van der Waals surface area (Å²) < 4.78 is 54.9. The second-order valence-electron chi connectivity index (χ2n) is 6.89. The SMILES string of the molecule is COc1ccc(-c2nc(COC(=O)C3CC3c3ccccc3C(F)(F)F)no2)cc1. The fourth-order valence-electron chi connectivity index (χ4n) is 3.28. The van der Waals surface area contributed by atoms with Gasteiger partial charge in [0.1, 0.15) is 5.75 Å². The number of carbonyl (C=O) groups excluding carboxylic acids is 1. The van der Waals surface area contributed by atoms with Crippen LogP contribution in [0, 0.1) is 5.92 Å². The molecule has 4 rings (SSSR count). The van der Waals surface area contributed by atoms with E-state index in [1.807, 2.05) is 0 Å². The Labute approximate surface area is 169 Å². The smallest absolute Gasteiger partial charge is 0.416 e. The van der Waals surface area contributed by atoms with Gasteiger partial charge in [0.05, 0.1) is 18.6 Å². The average molecular weight is 418 g/mol. The Morgan fingerprint density at radius 2 is 1.90 bits per heavy atom. The maximum absolute atomic E-state index is 13.2. The van der Waals surface area contributed by atoms with Gasteiger partial charge in [-0.05, 0) is 48.2 Å². The molecule has 0 radical (unpaired) electrons. The van der Waals surface area contributed by atoms with Gasteiger partial charge in [0, 0.05) is 5.56 Å². The van der Waals surface area contributed by atoms with Gasteiger partial charge in [-0.2, -0.15) is 18.2 Å². The van der Waals surface area contributed by atoms with Crippen molar-refractivity contribution in [3.05, 3.63) is 65.5 Å². The van der Waals surface area contributed by atoms with Gasteiger partial charge in [-0.3, -0.25) is 4.79 Å². The number of methoxy groups -OCH3 is 1. The molecule has 1 aliphatic carbocycles. The van der Waals surface area contributed by atoms with Gasteiger partial charge in [0.2, 0.25) is 5.82 Å². The van der Waals surface area contributed by atoms with Gasteiger partial charge in [-0.1, -0.05) is 23.4 Å². The Morgan fingerprint density at radius 3 is 2.60 bits per heavy atom. The van der Waals surface area contributed by atoms with Crippen LogP contribution in [0.4, 0.5) is 13.2 Å². The average Bonchev–Trinajstić information content (AvgIpc) is 3.41. The number of alkyl halides is 3. The van der Waals surface area contributed by atoms with Crippen molar-refractivity contribution in [2.24, 2.45) is 5.92 Å². The summed E-state index contributed by atoms with van der Waals surface area (Å²) in [5, 5.41) is 3.77. The molecule has 0 spiro atoms. The number of halogens is 3. The number of esters is 1. The van der Waals surface area contributed by atoms with Gasteiger partial charge < -0.3 is 14.0 Å². The highest BCUT2D eigenvalue weighted by molar-refractivity contribution is 5.77. The Morgan fingerprint density at radius 1 is 1.17 bits per heavy atom. The second kappa shape index (κ2) is 7.81. The van der Waals surface area contributed by atoms with Crippen LogP contribution in [-0.2, 0) is 22.3 Å². The van der Waals surface area contributed by atoms with Crippen LogP contribution in [0.1, 0.15) is 29.3 Å². The van der Waals surface area contributed by atoms with E-state index in [-0.39, 0.29) is 23.9 Å². The number of ether oxygens (including phenoxy) is 2. The molecule has 2 unspecified atom stereocenters. The third kappa shape index (κ3) is 4.14. The molecule has 0 bridgehead atoms. The number of hydrogen-bond acceptors (Lipinski definition) is 6. The van der Waals surface area contributed by atoms with Crippen molar-refractivity contribution in [2.75, 3.05) is 7.11 Å². The lowest BCUT2D eigenvalue weighted by Crippen LogP contribution is -2.11. The molecule has 0 saturated heterocycles. The van der Waals surface area contributed by atoms with E-state index in [0.717, 1.165) is 6.07 Å². The number of aromatic nitrogens is 2. The number of hydrogen-bond donors (Lipinski definition) is 0. The lowest BCUT2D eigenvalue weighted by Gasteiger charge is -2.12. The molecule has 1 aromatic heterocycles. The first-order valence-electron chi connectivity index (χ1n) is 9.16. The van der Waals surface area contributed by atoms with E-state index in [9.17, 15) is 18.0 Å². The standard InChI is InChI=1S/C21H17F3N2O4/c1-28-13-8-6-12(7-9-13)19-25-18(26-30-19)11-29-20(27)16-10-15(16)14-4-2-3-5-17(14)21(22,23)24/h2-9,15-16H,10-11H2,1H3. The Balaban J connectivity index is 1.36. The van der Waals surface area contributed by atoms with Gasteiger partial charge in [-0.25, -0.2) is 0 Å². The molecule has 1 heterocycles. The molecular weight excluding hydrogens is 401 g/mol. The Hall–Kier alpha value is -3.36. The fraction of sp³-hybridized carbons (Fsp3) is 0.286. The molecule has 6 nitrogen and oxygen atoms in total. The molecule has 0 N–H and O–H groups in total. The van der Waals surface area contributed by atoms with E-state index in [2.05, 4.69) is 10.1 Å². The topological polar surface area (TPSA) is 74.5 Å². The van der Waals surface area contributed by atoms with Crippen LogP contribution in [0.3, 0.4) is 0 Å². The number of carbonyl (C=O) groups is 1. The molecule has 0 amide bonds. The highest BCUT2D eigenvalue weighted by atomic mass is 19.4. The minimum absolute atomic E-state index is 0.119. The zero-order valence-corrected chi connectivity index (χ0v) is 15.8. The molecular formula is C21H17F3N2O4. The first-order chi connectivity index (χ1) is 14.4. The monoisotopic (exact) mass is 418 g/mol. The maximum Gasteiger partial charge on any atom is 0.416 e. The van der Waals surface area contributed by atoms with Crippen LogP contribution in [-0.4, -0.2) is 23.2 Å². The van der Waals surface area contributed by atoms with Crippen LogP contribution in [0.2, 0.25) is 0 Å². The lowest BCUT2D eigenvalue weighted by atomic mass is 10.0. The van der Waals surface area contributed by atoms with Crippen LogP contribution >= 0.6 is 0 Å². The minimum atomic E-state index is -4.46. The Kier molecular flexibility index (Phi) is 5.19. The largest absolute Gasteiger partial charge is 0.497 e. The first-order valence-corrected chi connectivity index (χ1v) is 9.16. The van der Waals surface area contributed by atoms with Crippen molar-refractivity contribution in [1.29, 1.82) is 0 Å².